The van der Waals surface area contributed by atoms with Gasteiger partial charge in [-0.2, -0.15) is 0 Å². The highest BCUT2D eigenvalue weighted by Crippen LogP contribution is 2.22. The molecule has 1 atom stereocenters. The summed E-state index contributed by atoms with van der Waals surface area (Å²) in [7, 11) is 0. The number of anilines is 1. The monoisotopic (exact) mass is 335 g/mol. The van der Waals surface area contributed by atoms with Crippen molar-refractivity contribution in [3.63, 3.8) is 0 Å². The summed E-state index contributed by atoms with van der Waals surface area (Å²) in [5.41, 5.74) is 0.723. The number of hydrogen-bond acceptors (Lipinski definition) is 3. The van der Waals surface area contributed by atoms with Gasteiger partial charge in [-0.25, -0.2) is 0 Å². The van der Waals surface area contributed by atoms with E-state index in [-0.39, 0.29) is 24.0 Å². The van der Waals surface area contributed by atoms with Crippen LogP contribution >= 0.6 is 12.2 Å². The Morgan fingerprint density at radius 1 is 1.43 bits per heavy atom. The first-order valence-electron chi connectivity index (χ1n) is 7.92. The molecule has 1 amide bonds. The molecule has 5 nitrogen and oxygen atoms in total. The molecule has 1 fully saturated rings. The lowest BCUT2D eigenvalue weighted by molar-refractivity contribution is -0.117. The van der Waals surface area contributed by atoms with E-state index in [2.05, 4.69) is 31.4 Å². The van der Waals surface area contributed by atoms with Gasteiger partial charge < -0.3 is 20.3 Å². The molecule has 1 aliphatic rings. The lowest BCUT2D eigenvalue weighted by Crippen LogP contribution is -2.61. The summed E-state index contributed by atoms with van der Waals surface area (Å²) < 4.78 is 5.39. The second-order valence-corrected chi connectivity index (χ2v) is 6.89. The fraction of sp³-hybridized carbons (Fsp3) is 0.529. The Labute approximate surface area is 143 Å². The van der Waals surface area contributed by atoms with Crippen molar-refractivity contribution in [2.75, 3.05) is 18.5 Å². The van der Waals surface area contributed by atoms with Crippen molar-refractivity contribution in [1.29, 1.82) is 0 Å². The molecular formula is C17H25N3O2S. The van der Waals surface area contributed by atoms with Crippen LogP contribution in [0.4, 0.5) is 5.69 Å². The van der Waals surface area contributed by atoms with E-state index in [1.165, 1.54) is 0 Å². The highest BCUT2D eigenvalue weighted by atomic mass is 32.1. The summed E-state index contributed by atoms with van der Waals surface area (Å²) >= 11 is 5.40. The standard InChI is InChI=1S/C17H25N3O2S/c1-5-22-14-8-6-13(7-9-14)18-15(21)11-20-12(2)10-17(3,4)19-16(20)23/h6-9,12H,5,10-11H2,1-4H3,(H,18,21)(H,19,23). The maximum Gasteiger partial charge on any atom is 0.243 e. The van der Waals surface area contributed by atoms with Crippen LogP contribution in [0.25, 0.3) is 0 Å². The van der Waals surface area contributed by atoms with E-state index in [0.717, 1.165) is 17.9 Å². The largest absolute Gasteiger partial charge is 0.494 e. The summed E-state index contributed by atoms with van der Waals surface area (Å²) in [6.45, 7) is 9.14. The van der Waals surface area contributed by atoms with Crippen molar-refractivity contribution in [3.8, 4) is 5.75 Å². The predicted molar refractivity (Wildman–Crippen MR) is 96.8 cm³/mol. The molecule has 1 aliphatic heterocycles. The van der Waals surface area contributed by atoms with Crippen LogP contribution in [-0.4, -0.2) is 40.7 Å². The van der Waals surface area contributed by atoms with Gasteiger partial charge in [0.05, 0.1) is 13.2 Å². The zero-order chi connectivity index (χ0) is 17.0. The summed E-state index contributed by atoms with van der Waals surface area (Å²) in [4.78, 5) is 14.2. The molecule has 2 rings (SSSR count). The lowest BCUT2D eigenvalue weighted by Gasteiger charge is -2.44. The molecule has 0 aliphatic carbocycles. The van der Waals surface area contributed by atoms with Crippen LogP contribution in [0.2, 0.25) is 0 Å². The highest BCUT2D eigenvalue weighted by molar-refractivity contribution is 7.80. The van der Waals surface area contributed by atoms with Crippen molar-refractivity contribution >= 4 is 28.9 Å². The van der Waals surface area contributed by atoms with Crippen LogP contribution in [0, 0.1) is 0 Å². The number of benzene rings is 1. The van der Waals surface area contributed by atoms with Crippen molar-refractivity contribution in [2.45, 2.75) is 45.7 Å². The summed E-state index contributed by atoms with van der Waals surface area (Å²) in [6, 6.07) is 7.59. The molecule has 0 spiro atoms. The third kappa shape index (κ3) is 4.82. The molecule has 6 heteroatoms. The van der Waals surface area contributed by atoms with E-state index in [9.17, 15) is 4.79 Å². The van der Waals surface area contributed by atoms with Crippen LogP contribution in [0.15, 0.2) is 24.3 Å². The quantitative estimate of drug-likeness (QED) is 0.811. The molecule has 1 aromatic rings. The fourth-order valence-corrected chi connectivity index (χ4v) is 3.37. The smallest absolute Gasteiger partial charge is 0.243 e. The first-order valence-corrected chi connectivity index (χ1v) is 8.33. The minimum absolute atomic E-state index is 0.0292. The van der Waals surface area contributed by atoms with Gasteiger partial charge in [0.15, 0.2) is 5.11 Å². The molecule has 0 aromatic heterocycles. The van der Waals surface area contributed by atoms with Crippen LogP contribution < -0.4 is 15.4 Å². The van der Waals surface area contributed by atoms with Crippen LogP contribution in [0.5, 0.6) is 5.75 Å². The van der Waals surface area contributed by atoms with Gasteiger partial charge in [-0.15, -0.1) is 0 Å². The van der Waals surface area contributed by atoms with Gasteiger partial charge in [-0.3, -0.25) is 4.79 Å². The van der Waals surface area contributed by atoms with Gasteiger partial charge in [-0.05, 0) is 70.6 Å². The maximum atomic E-state index is 12.3. The van der Waals surface area contributed by atoms with E-state index < -0.39 is 0 Å². The summed E-state index contributed by atoms with van der Waals surface area (Å²) in [6.07, 6.45) is 0.934. The Bertz CT molecular complexity index is 572. The van der Waals surface area contributed by atoms with Gasteiger partial charge in [0.2, 0.25) is 5.91 Å². The first kappa shape index (κ1) is 17.5. The zero-order valence-corrected chi connectivity index (χ0v) is 15.0. The molecule has 0 radical (unpaired) electrons. The number of rotatable bonds is 5. The average molecular weight is 335 g/mol. The number of ether oxygens (including phenoxy) is 1. The van der Waals surface area contributed by atoms with Crippen LogP contribution in [0.3, 0.4) is 0 Å². The van der Waals surface area contributed by atoms with Gasteiger partial charge >= 0.3 is 0 Å². The van der Waals surface area contributed by atoms with Crippen molar-refractivity contribution in [2.24, 2.45) is 0 Å². The van der Waals surface area contributed by atoms with Crippen LogP contribution in [-0.2, 0) is 4.79 Å². The Kier molecular flexibility index (Phi) is 5.46. The molecule has 23 heavy (non-hydrogen) atoms. The Hall–Kier alpha value is -1.82. The Balaban J connectivity index is 1.92. The molecule has 0 saturated carbocycles. The molecule has 1 heterocycles. The number of amides is 1. The zero-order valence-electron chi connectivity index (χ0n) is 14.2. The summed E-state index contributed by atoms with van der Waals surface area (Å²) in [5.74, 6) is 0.715. The molecule has 2 N–H and O–H groups in total. The molecule has 0 bridgehead atoms. The Morgan fingerprint density at radius 3 is 2.65 bits per heavy atom. The first-order chi connectivity index (χ1) is 10.8. The maximum absolute atomic E-state index is 12.3. The molecule has 1 saturated heterocycles. The number of nitrogens with one attached hydrogen (secondary N) is 2. The lowest BCUT2D eigenvalue weighted by atomic mass is 9.93. The van der Waals surface area contributed by atoms with Gasteiger partial charge in [0.25, 0.3) is 0 Å². The number of thiocarbonyl (C=S) groups is 1. The average Bonchev–Trinajstić information content (AvgIpc) is 2.44. The second kappa shape index (κ2) is 7.17. The number of hydrogen-bond donors (Lipinski definition) is 2. The van der Waals surface area contributed by atoms with E-state index in [4.69, 9.17) is 17.0 Å². The topological polar surface area (TPSA) is 53.6 Å². The van der Waals surface area contributed by atoms with E-state index >= 15 is 0 Å². The van der Waals surface area contributed by atoms with Crippen molar-refractivity contribution in [3.05, 3.63) is 24.3 Å². The second-order valence-electron chi connectivity index (χ2n) is 6.50. The highest BCUT2D eigenvalue weighted by Gasteiger charge is 2.33. The van der Waals surface area contributed by atoms with Crippen molar-refractivity contribution < 1.29 is 9.53 Å². The Morgan fingerprint density at radius 2 is 2.09 bits per heavy atom. The normalized spacial score (nSPS) is 19.9. The van der Waals surface area contributed by atoms with Gasteiger partial charge in [0.1, 0.15) is 5.75 Å². The number of nitrogens with zero attached hydrogens (tertiary/aromatic N) is 1. The third-order valence-electron chi connectivity index (χ3n) is 3.81. The molecular weight excluding hydrogens is 310 g/mol. The predicted octanol–water partition coefficient (Wildman–Crippen LogP) is 2.77. The van der Waals surface area contributed by atoms with E-state index in [1.54, 1.807) is 0 Å². The third-order valence-corrected chi connectivity index (χ3v) is 4.14. The van der Waals surface area contributed by atoms with Crippen molar-refractivity contribution in [1.82, 2.24) is 10.2 Å². The van der Waals surface area contributed by atoms with Gasteiger partial charge in [0, 0.05) is 17.3 Å². The summed E-state index contributed by atoms with van der Waals surface area (Å²) in [5, 5.41) is 6.82. The number of carbonyl (C=O) groups is 1. The minimum atomic E-state index is -0.0788. The van der Waals surface area contributed by atoms with Crippen LogP contribution in [0.1, 0.15) is 34.1 Å². The van der Waals surface area contributed by atoms with Gasteiger partial charge in [-0.1, -0.05) is 0 Å². The fourth-order valence-electron chi connectivity index (χ4n) is 2.85. The molecule has 1 unspecified atom stereocenters. The minimum Gasteiger partial charge on any atom is -0.494 e. The van der Waals surface area contributed by atoms with E-state index in [1.807, 2.05) is 36.1 Å². The number of carbonyl (C=O) groups excluding carboxylic acids is 1. The molecule has 1 aromatic carbocycles. The van der Waals surface area contributed by atoms with E-state index in [0.29, 0.717) is 11.7 Å². The SMILES string of the molecule is CCOc1ccc(NC(=O)CN2C(=S)NC(C)(C)CC2C)cc1. The molecule has 126 valence electrons.